The molecule has 1 atom stereocenters. The number of hydrogen-bond donors (Lipinski definition) is 2. The maximum absolute atomic E-state index is 13.2. The monoisotopic (exact) mass is 551 g/mol. The molecule has 4 aromatic rings. The van der Waals surface area contributed by atoms with Gasteiger partial charge < -0.3 is 9.64 Å². The van der Waals surface area contributed by atoms with Crippen molar-refractivity contribution in [2.45, 2.75) is 51.8 Å². The number of amides is 4. The average molecular weight is 552 g/mol. The van der Waals surface area contributed by atoms with Crippen LogP contribution in [-0.4, -0.2) is 49.9 Å². The topological polar surface area (TPSA) is 123 Å². The molecule has 2 aliphatic heterocycles. The maximum Gasteiger partial charge on any atom is 0.412 e. The molecular weight excluding hydrogens is 522 g/mol. The summed E-state index contributed by atoms with van der Waals surface area (Å²) in [4.78, 5) is 55.9. The van der Waals surface area contributed by atoms with Gasteiger partial charge in [-0.3, -0.25) is 29.6 Å². The van der Waals surface area contributed by atoms with Crippen LogP contribution in [0.1, 0.15) is 49.5 Å². The fourth-order valence-electron chi connectivity index (χ4n) is 5.31. The lowest BCUT2D eigenvalue weighted by atomic mass is 10.0. The van der Waals surface area contributed by atoms with Crippen molar-refractivity contribution in [3.8, 4) is 17.1 Å². The van der Waals surface area contributed by atoms with Crippen molar-refractivity contribution in [1.29, 1.82) is 0 Å². The molecular formula is C31H29N5O5. The number of aromatic nitrogens is 2. The third kappa shape index (κ3) is 5.04. The molecule has 3 aromatic carbocycles. The Labute approximate surface area is 236 Å². The number of ether oxygens (including phenoxy) is 1. The van der Waals surface area contributed by atoms with E-state index in [0.29, 0.717) is 23.5 Å². The number of imidazole rings is 1. The van der Waals surface area contributed by atoms with Crippen LogP contribution in [-0.2, 0) is 20.9 Å². The first kappa shape index (κ1) is 26.2. The van der Waals surface area contributed by atoms with Crippen molar-refractivity contribution in [3.63, 3.8) is 0 Å². The first-order valence-electron chi connectivity index (χ1n) is 13.4. The number of benzene rings is 3. The van der Waals surface area contributed by atoms with E-state index in [-0.39, 0.29) is 24.8 Å². The predicted molar refractivity (Wildman–Crippen MR) is 152 cm³/mol. The summed E-state index contributed by atoms with van der Waals surface area (Å²) in [5.41, 5.74) is 4.69. The number of anilines is 1. The van der Waals surface area contributed by atoms with Gasteiger partial charge in [0, 0.05) is 35.5 Å². The molecule has 0 radical (unpaired) electrons. The fourth-order valence-corrected chi connectivity index (χ4v) is 5.31. The minimum absolute atomic E-state index is 0.206. The fraction of sp³-hybridized carbons (Fsp3) is 0.258. The Morgan fingerprint density at radius 1 is 1.02 bits per heavy atom. The van der Waals surface area contributed by atoms with E-state index in [9.17, 15) is 19.2 Å². The van der Waals surface area contributed by atoms with Gasteiger partial charge in [0.25, 0.3) is 5.91 Å². The van der Waals surface area contributed by atoms with Crippen molar-refractivity contribution < 1.29 is 23.9 Å². The number of carbonyl (C=O) groups excluding carboxylic acids is 4. The molecule has 1 saturated heterocycles. The van der Waals surface area contributed by atoms with Gasteiger partial charge in [0.1, 0.15) is 17.5 Å². The van der Waals surface area contributed by atoms with Crippen molar-refractivity contribution in [1.82, 2.24) is 19.8 Å². The summed E-state index contributed by atoms with van der Waals surface area (Å²) in [6, 6.07) is 20.1. The summed E-state index contributed by atoms with van der Waals surface area (Å²) in [6.45, 7) is 5.70. The number of nitrogens with one attached hydrogen (secondary N) is 2. The second kappa shape index (κ2) is 9.88. The highest BCUT2D eigenvalue weighted by Gasteiger charge is 2.39. The number of para-hydroxylation sites is 2. The van der Waals surface area contributed by atoms with Crippen molar-refractivity contribution in [2.24, 2.45) is 0 Å². The number of piperidine rings is 1. The number of hydrogen-bond acceptors (Lipinski definition) is 6. The summed E-state index contributed by atoms with van der Waals surface area (Å²) in [5, 5.41) is 5.09. The van der Waals surface area contributed by atoms with E-state index in [4.69, 9.17) is 9.72 Å². The minimum Gasteiger partial charge on any atom is -0.444 e. The second-order valence-electron chi connectivity index (χ2n) is 11.2. The highest BCUT2D eigenvalue weighted by molar-refractivity contribution is 6.05. The zero-order valence-corrected chi connectivity index (χ0v) is 22.9. The van der Waals surface area contributed by atoms with Gasteiger partial charge in [-0.05, 0) is 81.3 Å². The summed E-state index contributed by atoms with van der Waals surface area (Å²) in [5.74, 6) is -0.282. The van der Waals surface area contributed by atoms with Gasteiger partial charge >= 0.3 is 6.09 Å². The minimum atomic E-state index is -0.673. The molecule has 0 aliphatic carbocycles. The number of imide groups is 1. The van der Waals surface area contributed by atoms with Crippen LogP contribution in [0.5, 0.6) is 0 Å². The van der Waals surface area contributed by atoms with Crippen LogP contribution in [0.2, 0.25) is 0 Å². The first-order valence-corrected chi connectivity index (χ1v) is 13.4. The van der Waals surface area contributed by atoms with Gasteiger partial charge in [0.05, 0.1) is 11.0 Å². The Bertz CT molecular complexity index is 1720. The molecule has 0 saturated carbocycles. The third-order valence-electron chi connectivity index (χ3n) is 7.11. The summed E-state index contributed by atoms with van der Waals surface area (Å²) in [6.07, 6.45) is -0.0120. The number of rotatable bonds is 4. The van der Waals surface area contributed by atoms with Crippen molar-refractivity contribution >= 4 is 40.5 Å². The number of carbonyl (C=O) groups is 4. The van der Waals surface area contributed by atoms with Crippen LogP contribution in [0, 0.1) is 0 Å². The smallest absolute Gasteiger partial charge is 0.412 e. The van der Waals surface area contributed by atoms with E-state index in [0.717, 1.165) is 27.8 Å². The molecule has 4 amide bonds. The van der Waals surface area contributed by atoms with Gasteiger partial charge in [-0.25, -0.2) is 9.78 Å². The molecule has 0 bridgehead atoms. The largest absolute Gasteiger partial charge is 0.444 e. The molecule has 0 spiro atoms. The first-order chi connectivity index (χ1) is 19.6. The number of nitrogens with zero attached hydrogens (tertiary/aromatic N) is 3. The normalized spacial score (nSPS) is 17.0. The van der Waals surface area contributed by atoms with Gasteiger partial charge in [-0.2, -0.15) is 0 Å². The van der Waals surface area contributed by atoms with E-state index in [1.165, 1.54) is 4.90 Å². The van der Waals surface area contributed by atoms with Crippen LogP contribution in [0.25, 0.3) is 28.1 Å². The Hall–Kier alpha value is -4.99. The highest BCUT2D eigenvalue weighted by Crippen LogP contribution is 2.34. The highest BCUT2D eigenvalue weighted by atomic mass is 16.6. The molecule has 2 N–H and O–H groups in total. The van der Waals surface area contributed by atoms with Gasteiger partial charge in [0.2, 0.25) is 11.8 Å². The van der Waals surface area contributed by atoms with Crippen molar-refractivity contribution in [3.05, 3.63) is 77.9 Å². The van der Waals surface area contributed by atoms with Crippen LogP contribution in [0.15, 0.2) is 66.7 Å². The van der Waals surface area contributed by atoms with E-state index >= 15 is 0 Å². The van der Waals surface area contributed by atoms with Gasteiger partial charge in [0.15, 0.2) is 0 Å². The molecule has 1 unspecified atom stereocenters. The lowest BCUT2D eigenvalue weighted by Crippen LogP contribution is -2.52. The molecule has 10 nitrogen and oxygen atoms in total. The molecule has 1 aromatic heterocycles. The molecule has 41 heavy (non-hydrogen) atoms. The Morgan fingerprint density at radius 2 is 1.78 bits per heavy atom. The zero-order valence-electron chi connectivity index (χ0n) is 22.9. The number of fused-ring (bicyclic) bond motifs is 2. The van der Waals surface area contributed by atoms with Crippen molar-refractivity contribution in [2.75, 3.05) is 5.32 Å². The molecule has 2 aliphatic rings. The van der Waals surface area contributed by atoms with Crippen LogP contribution in [0.3, 0.4) is 0 Å². The molecule has 10 heteroatoms. The van der Waals surface area contributed by atoms with Gasteiger partial charge in [-0.15, -0.1) is 0 Å². The molecule has 1 fully saturated rings. The summed E-state index contributed by atoms with van der Waals surface area (Å²) >= 11 is 0. The van der Waals surface area contributed by atoms with Crippen LogP contribution in [0.4, 0.5) is 10.5 Å². The molecule has 3 heterocycles. The Morgan fingerprint density at radius 3 is 2.51 bits per heavy atom. The standard InChI is InChI=1S/C31H29N5O5/c1-31(2,3)41-30(40)32-20-9-11-21(12-10-20)36-24-7-5-4-6-23(24)33-27(36)18-8-13-22-19(16-18)17-35(29(22)39)25-14-15-26(37)34-28(25)38/h4-13,16,25H,14-15,17H2,1-3H3,(H,32,40)(H,34,37,38). The maximum atomic E-state index is 13.2. The third-order valence-corrected chi connectivity index (χ3v) is 7.11. The lowest BCUT2D eigenvalue weighted by Gasteiger charge is -2.29. The Kier molecular flexibility index (Phi) is 6.33. The van der Waals surface area contributed by atoms with E-state index in [1.807, 2.05) is 73.9 Å². The quantitative estimate of drug-likeness (QED) is 0.351. The van der Waals surface area contributed by atoms with E-state index in [1.54, 1.807) is 18.2 Å². The van der Waals surface area contributed by atoms with Crippen LogP contribution < -0.4 is 10.6 Å². The SMILES string of the molecule is CC(C)(C)OC(=O)Nc1ccc(-n2c(-c3ccc4c(c3)CN(C3CCC(=O)NC3=O)C4=O)nc3ccccc32)cc1. The summed E-state index contributed by atoms with van der Waals surface area (Å²) < 4.78 is 7.38. The van der Waals surface area contributed by atoms with E-state index < -0.39 is 23.6 Å². The summed E-state index contributed by atoms with van der Waals surface area (Å²) in [7, 11) is 0. The molecule has 208 valence electrons. The Balaban J connectivity index is 1.33. The average Bonchev–Trinajstić information content (AvgIpc) is 3.46. The lowest BCUT2D eigenvalue weighted by molar-refractivity contribution is -0.136. The predicted octanol–water partition coefficient (Wildman–Crippen LogP) is 4.80. The van der Waals surface area contributed by atoms with Gasteiger partial charge in [-0.1, -0.05) is 18.2 Å². The zero-order chi connectivity index (χ0) is 28.9. The second-order valence-corrected chi connectivity index (χ2v) is 11.2. The van der Waals surface area contributed by atoms with Crippen LogP contribution >= 0.6 is 0 Å². The molecule has 6 rings (SSSR count). The van der Waals surface area contributed by atoms with E-state index in [2.05, 4.69) is 10.6 Å².